The number of hydrogen-bond donors (Lipinski definition) is 1. The van der Waals surface area contributed by atoms with E-state index in [9.17, 15) is 9.59 Å². The molecule has 2 rings (SSSR count). The lowest BCUT2D eigenvalue weighted by Crippen LogP contribution is -2.35. The van der Waals surface area contributed by atoms with E-state index in [0.29, 0.717) is 25.3 Å². The first-order chi connectivity index (χ1) is 13.1. The highest BCUT2D eigenvalue weighted by Gasteiger charge is 2.25. The summed E-state index contributed by atoms with van der Waals surface area (Å²) in [5, 5.41) is 5.40. The maximum absolute atomic E-state index is 13.2. The number of carbonyl (C=O) groups is 2. The van der Waals surface area contributed by atoms with Crippen molar-refractivity contribution >= 4 is 23.2 Å². The van der Waals surface area contributed by atoms with Crippen LogP contribution in [0.25, 0.3) is 0 Å². The van der Waals surface area contributed by atoms with Gasteiger partial charge in [-0.15, -0.1) is 11.3 Å². The van der Waals surface area contributed by atoms with Crippen LogP contribution in [0.2, 0.25) is 0 Å². The SMILES string of the molecule is CCCNC(=O)c1csc(CN(CCC)C(=O)C(CC)c2ccccc2)n1. The van der Waals surface area contributed by atoms with E-state index in [1.807, 2.05) is 49.1 Å². The summed E-state index contributed by atoms with van der Waals surface area (Å²) in [5.74, 6) is -0.175. The molecule has 1 unspecified atom stereocenters. The van der Waals surface area contributed by atoms with Crippen LogP contribution in [-0.2, 0) is 11.3 Å². The Morgan fingerprint density at radius 2 is 1.89 bits per heavy atom. The highest BCUT2D eigenvalue weighted by Crippen LogP contribution is 2.24. The van der Waals surface area contributed by atoms with Gasteiger partial charge in [-0.1, -0.05) is 51.1 Å². The zero-order valence-electron chi connectivity index (χ0n) is 16.4. The molecule has 27 heavy (non-hydrogen) atoms. The predicted molar refractivity (Wildman–Crippen MR) is 110 cm³/mol. The summed E-state index contributed by atoms with van der Waals surface area (Å²) < 4.78 is 0. The van der Waals surface area contributed by atoms with Crippen LogP contribution in [0.15, 0.2) is 35.7 Å². The van der Waals surface area contributed by atoms with Crippen LogP contribution in [0, 0.1) is 0 Å². The van der Waals surface area contributed by atoms with Gasteiger partial charge in [-0.25, -0.2) is 4.98 Å². The molecule has 2 amide bonds. The first-order valence-electron chi connectivity index (χ1n) is 9.66. The Balaban J connectivity index is 2.11. The van der Waals surface area contributed by atoms with Crippen LogP contribution in [0.4, 0.5) is 0 Å². The molecule has 146 valence electrons. The Hall–Kier alpha value is -2.21. The minimum atomic E-state index is -0.150. The quantitative estimate of drug-likeness (QED) is 0.664. The predicted octanol–water partition coefficient (Wildman–Crippen LogP) is 4.22. The second-order valence-corrected chi connectivity index (χ2v) is 7.46. The van der Waals surface area contributed by atoms with Crippen LogP contribution < -0.4 is 5.32 Å². The fraction of sp³-hybridized carbons (Fsp3) is 0.476. The molecule has 1 N–H and O–H groups in total. The van der Waals surface area contributed by atoms with Crippen LogP contribution in [-0.4, -0.2) is 34.8 Å². The lowest BCUT2D eigenvalue weighted by atomic mass is 9.95. The zero-order valence-corrected chi connectivity index (χ0v) is 17.2. The van der Waals surface area contributed by atoms with Gasteiger partial charge in [0.05, 0.1) is 12.5 Å². The van der Waals surface area contributed by atoms with Gasteiger partial charge in [-0.2, -0.15) is 0 Å². The van der Waals surface area contributed by atoms with Crippen molar-refractivity contribution in [1.82, 2.24) is 15.2 Å². The number of hydrogen-bond acceptors (Lipinski definition) is 4. The smallest absolute Gasteiger partial charge is 0.270 e. The lowest BCUT2D eigenvalue weighted by molar-refractivity contribution is -0.133. The van der Waals surface area contributed by atoms with Gasteiger partial charge in [0.15, 0.2) is 0 Å². The van der Waals surface area contributed by atoms with Crippen molar-refractivity contribution in [3.8, 4) is 0 Å². The molecule has 1 atom stereocenters. The molecule has 1 heterocycles. The first kappa shape index (κ1) is 21.1. The monoisotopic (exact) mass is 387 g/mol. The van der Waals surface area contributed by atoms with E-state index in [2.05, 4.69) is 17.2 Å². The summed E-state index contributed by atoms with van der Waals surface area (Å²) in [7, 11) is 0. The van der Waals surface area contributed by atoms with Crippen LogP contribution in [0.1, 0.15) is 67.0 Å². The molecule has 0 bridgehead atoms. The number of nitrogens with zero attached hydrogens (tertiary/aromatic N) is 2. The second-order valence-electron chi connectivity index (χ2n) is 6.51. The number of carbonyl (C=O) groups excluding carboxylic acids is 2. The minimum absolute atomic E-state index is 0.123. The Kier molecular flexibility index (Phi) is 8.45. The Morgan fingerprint density at radius 1 is 1.15 bits per heavy atom. The molecule has 0 aliphatic heterocycles. The summed E-state index contributed by atoms with van der Waals surface area (Å²) in [6.45, 7) is 7.88. The van der Waals surface area contributed by atoms with E-state index < -0.39 is 0 Å². The van der Waals surface area contributed by atoms with Crippen molar-refractivity contribution in [3.63, 3.8) is 0 Å². The van der Waals surface area contributed by atoms with Crippen molar-refractivity contribution in [3.05, 3.63) is 52.0 Å². The number of benzene rings is 1. The van der Waals surface area contributed by atoms with Crippen LogP contribution in [0.5, 0.6) is 0 Å². The van der Waals surface area contributed by atoms with Gasteiger partial charge in [0.2, 0.25) is 5.91 Å². The highest BCUT2D eigenvalue weighted by atomic mass is 32.1. The number of nitrogens with one attached hydrogen (secondary N) is 1. The van der Waals surface area contributed by atoms with Crippen molar-refractivity contribution < 1.29 is 9.59 Å². The van der Waals surface area contributed by atoms with E-state index >= 15 is 0 Å². The van der Waals surface area contributed by atoms with E-state index in [1.54, 1.807) is 5.38 Å². The third-order valence-corrected chi connectivity index (χ3v) is 5.19. The van der Waals surface area contributed by atoms with Gasteiger partial charge >= 0.3 is 0 Å². The molecule has 0 radical (unpaired) electrons. The third-order valence-electron chi connectivity index (χ3n) is 4.36. The van der Waals surface area contributed by atoms with E-state index in [-0.39, 0.29) is 17.7 Å². The molecule has 0 aliphatic carbocycles. The summed E-state index contributed by atoms with van der Waals surface area (Å²) in [6, 6.07) is 9.92. The van der Waals surface area contributed by atoms with Crippen molar-refractivity contribution in [1.29, 1.82) is 0 Å². The molecule has 1 aromatic heterocycles. The molecule has 1 aromatic carbocycles. The molecule has 2 aromatic rings. The first-order valence-corrected chi connectivity index (χ1v) is 10.5. The third kappa shape index (κ3) is 5.89. The van der Waals surface area contributed by atoms with Gasteiger partial charge < -0.3 is 10.2 Å². The highest BCUT2D eigenvalue weighted by molar-refractivity contribution is 7.09. The second kappa shape index (κ2) is 10.8. The van der Waals surface area contributed by atoms with Crippen LogP contribution in [0.3, 0.4) is 0 Å². The number of thiazole rings is 1. The van der Waals surface area contributed by atoms with Gasteiger partial charge in [0.25, 0.3) is 5.91 Å². The summed E-state index contributed by atoms with van der Waals surface area (Å²) >= 11 is 1.43. The molecule has 0 saturated carbocycles. The molecule has 0 fully saturated rings. The normalized spacial score (nSPS) is 11.8. The molecule has 0 saturated heterocycles. The van der Waals surface area contributed by atoms with Crippen molar-refractivity contribution in [2.24, 2.45) is 0 Å². The van der Waals surface area contributed by atoms with Gasteiger partial charge in [0, 0.05) is 18.5 Å². The summed E-state index contributed by atoms with van der Waals surface area (Å²) in [6.07, 6.45) is 2.52. The maximum Gasteiger partial charge on any atom is 0.270 e. The average molecular weight is 388 g/mol. The van der Waals surface area contributed by atoms with Crippen molar-refractivity contribution in [2.75, 3.05) is 13.1 Å². The molecular weight excluding hydrogens is 358 g/mol. The summed E-state index contributed by atoms with van der Waals surface area (Å²) in [5.41, 5.74) is 1.48. The van der Waals surface area contributed by atoms with E-state index in [4.69, 9.17) is 0 Å². The molecule has 0 spiro atoms. The van der Waals surface area contributed by atoms with E-state index in [0.717, 1.165) is 29.8 Å². The molecule has 0 aliphatic rings. The maximum atomic E-state index is 13.2. The van der Waals surface area contributed by atoms with Gasteiger partial charge in [0.1, 0.15) is 10.7 Å². The zero-order chi connectivity index (χ0) is 19.6. The minimum Gasteiger partial charge on any atom is -0.351 e. The number of aromatic nitrogens is 1. The molecule has 6 heteroatoms. The average Bonchev–Trinajstić information content (AvgIpc) is 3.16. The standard InChI is InChI=1S/C21H29N3O2S/c1-4-12-22-20(25)18-15-27-19(23-18)14-24(13-5-2)21(26)17(6-3)16-10-8-7-9-11-16/h7-11,15,17H,4-6,12-14H2,1-3H3,(H,22,25). The Morgan fingerprint density at radius 3 is 2.52 bits per heavy atom. The van der Waals surface area contributed by atoms with Gasteiger partial charge in [-0.3, -0.25) is 9.59 Å². The van der Waals surface area contributed by atoms with E-state index in [1.165, 1.54) is 11.3 Å². The Bertz CT molecular complexity index is 730. The topological polar surface area (TPSA) is 62.3 Å². The lowest BCUT2D eigenvalue weighted by Gasteiger charge is -2.26. The van der Waals surface area contributed by atoms with Crippen molar-refractivity contribution in [2.45, 2.75) is 52.5 Å². The van der Waals surface area contributed by atoms with Gasteiger partial charge in [-0.05, 0) is 24.8 Å². The Labute approximate surface area is 165 Å². The molecule has 5 nitrogen and oxygen atoms in total. The fourth-order valence-electron chi connectivity index (χ4n) is 2.98. The fourth-order valence-corrected chi connectivity index (χ4v) is 3.76. The summed E-state index contributed by atoms with van der Waals surface area (Å²) in [4.78, 5) is 31.5. The molecular formula is C21H29N3O2S. The number of rotatable bonds is 10. The number of amides is 2. The van der Waals surface area contributed by atoms with Crippen LogP contribution >= 0.6 is 11.3 Å². The largest absolute Gasteiger partial charge is 0.351 e.